The van der Waals surface area contributed by atoms with Gasteiger partial charge in [0.2, 0.25) is 0 Å². The van der Waals surface area contributed by atoms with Crippen molar-refractivity contribution in [2.45, 2.75) is 0 Å². The SMILES string of the molecule is COc1ccc(C=NNC(=O)COc2ccc(Cl)cc2[N+](=O)[O-])cc1I. The molecule has 0 aliphatic heterocycles. The van der Waals surface area contributed by atoms with Gasteiger partial charge in [-0.15, -0.1) is 0 Å². The van der Waals surface area contributed by atoms with E-state index in [1.54, 1.807) is 19.2 Å². The number of nitro benzene ring substituents is 1. The van der Waals surface area contributed by atoms with Crippen LogP contribution < -0.4 is 14.9 Å². The molecule has 0 fully saturated rings. The zero-order chi connectivity index (χ0) is 19.1. The summed E-state index contributed by atoms with van der Waals surface area (Å²) in [6.07, 6.45) is 1.46. The molecule has 0 radical (unpaired) electrons. The molecule has 1 amide bonds. The summed E-state index contributed by atoms with van der Waals surface area (Å²) in [7, 11) is 1.58. The quantitative estimate of drug-likeness (QED) is 0.278. The maximum atomic E-state index is 11.8. The molecule has 0 aromatic heterocycles. The molecule has 0 saturated carbocycles. The average molecular weight is 490 g/mol. The Labute approximate surface area is 167 Å². The molecule has 0 saturated heterocycles. The van der Waals surface area contributed by atoms with Gasteiger partial charge in [0, 0.05) is 11.1 Å². The number of nitrogens with one attached hydrogen (secondary N) is 1. The smallest absolute Gasteiger partial charge is 0.312 e. The molecule has 0 atom stereocenters. The highest BCUT2D eigenvalue weighted by atomic mass is 127. The number of carbonyl (C=O) groups is 1. The first-order valence-corrected chi connectivity index (χ1v) is 8.58. The van der Waals surface area contributed by atoms with Crippen molar-refractivity contribution in [3.63, 3.8) is 0 Å². The summed E-state index contributed by atoms with van der Waals surface area (Å²) < 4.78 is 11.2. The van der Waals surface area contributed by atoms with Gasteiger partial charge in [-0.2, -0.15) is 5.10 Å². The fraction of sp³-hybridized carbons (Fsp3) is 0.125. The monoisotopic (exact) mass is 489 g/mol. The molecule has 2 aromatic rings. The first-order chi connectivity index (χ1) is 12.4. The highest BCUT2D eigenvalue weighted by Gasteiger charge is 2.16. The third-order valence-corrected chi connectivity index (χ3v) is 4.13. The molecular weight excluding hydrogens is 477 g/mol. The Balaban J connectivity index is 1.91. The first kappa shape index (κ1) is 19.9. The second kappa shape index (κ2) is 9.34. The summed E-state index contributed by atoms with van der Waals surface area (Å²) in [5.41, 5.74) is 2.74. The van der Waals surface area contributed by atoms with Gasteiger partial charge in [0.1, 0.15) is 5.75 Å². The summed E-state index contributed by atoms with van der Waals surface area (Å²) in [6.45, 7) is -0.431. The summed E-state index contributed by atoms with van der Waals surface area (Å²) >= 11 is 7.84. The minimum Gasteiger partial charge on any atom is -0.496 e. The Bertz CT molecular complexity index is 860. The van der Waals surface area contributed by atoms with E-state index < -0.39 is 17.4 Å². The van der Waals surface area contributed by atoms with E-state index in [1.807, 2.05) is 6.07 Å². The van der Waals surface area contributed by atoms with Crippen LogP contribution in [0, 0.1) is 13.7 Å². The molecule has 1 N–H and O–H groups in total. The van der Waals surface area contributed by atoms with E-state index in [0.29, 0.717) is 0 Å². The Morgan fingerprint density at radius 1 is 1.35 bits per heavy atom. The van der Waals surface area contributed by atoms with E-state index in [1.165, 1.54) is 18.3 Å². The van der Waals surface area contributed by atoms with E-state index in [0.717, 1.165) is 20.9 Å². The molecule has 2 aromatic carbocycles. The van der Waals surface area contributed by atoms with E-state index in [-0.39, 0.29) is 16.5 Å². The number of amides is 1. The molecule has 2 rings (SSSR count). The number of halogens is 2. The molecule has 136 valence electrons. The van der Waals surface area contributed by atoms with Gasteiger partial charge in [-0.05, 0) is 58.5 Å². The number of hydrogen-bond donors (Lipinski definition) is 1. The van der Waals surface area contributed by atoms with E-state index in [2.05, 4.69) is 33.1 Å². The first-order valence-electron chi connectivity index (χ1n) is 7.13. The van der Waals surface area contributed by atoms with Gasteiger partial charge < -0.3 is 9.47 Å². The summed E-state index contributed by atoms with van der Waals surface area (Å²) in [6, 6.07) is 9.32. The van der Waals surface area contributed by atoms with Gasteiger partial charge in [-0.25, -0.2) is 5.43 Å². The molecule has 0 aliphatic rings. The molecule has 0 spiro atoms. The lowest BCUT2D eigenvalue weighted by molar-refractivity contribution is -0.385. The van der Waals surface area contributed by atoms with Gasteiger partial charge >= 0.3 is 5.69 Å². The van der Waals surface area contributed by atoms with Crippen LogP contribution in [-0.4, -0.2) is 30.8 Å². The van der Waals surface area contributed by atoms with Gasteiger partial charge in [-0.3, -0.25) is 14.9 Å². The van der Waals surface area contributed by atoms with Gasteiger partial charge in [-0.1, -0.05) is 11.6 Å². The predicted octanol–water partition coefficient (Wildman–Crippen LogP) is 3.39. The number of hydrazone groups is 1. The van der Waals surface area contributed by atoms with Crippen molar-refractivity contribution < 1.29 is 19.2 Å². The summed E-state index contributed by atoms with van der Waals surface area (Å²) in [5.74, 6) is 0.127. The summed E-state index contributed by atoms with van der Waals surface area (Å²) in [5, 5.41) is 15.0. The second-order valence-corrected chi connectivity index (χ2v) is 6.44. The van der Waals surface area contributed by atoms with Crippen molar-refractivity contribution in [3.8, 4) is 11.5 Å². The third-order valence-electron chi connectivity index (χ3n) is 3.06. The predicted molar refractivity (Wildman–Crippen MR) is 105 cm³/mol. The number of hydrogen-bond acceptors (Lipinski definition) is 6. The fourth-order valence-corrected chi connectivity index (χ4v) is 2.80. The number of carbonyl (C=O) groups excluding carboxylic acids is 1. The van der Waals surface area contributed by atoms with Crippen molar-refractivity contribution in [1.29, 1.82) is 0 Å². The second-order valence-electron chi connectivity index (χ2n) is 4.84. The van der Waals surface area contributed by atoms with Gasteiger partial charge in [0.15, 0.2) is 12.4 Å². The van der Waals surface area contributed by atoms with E-state index in [9.17, 15) is 14.9 Å². The molecule has 10 heteroatoms. The van der Waals surface area contributed by atoms with Crippen LogP contribution in [0.5, 0.6) is 11.5 Å². The zero-order valence-corrected chi connectivity index (χ0v) is 16.4. The Kier molecular flexibility index (Phi) is 7.16. The highest BCUT2D eigenvalue weighted by molar-refractivity contribution is 14.1. The molecule has 0 heterocycles. The van der Waals surface area contributed by atoms with Crippen LogP contribution in [0.3, 0.4) is 0 Å². The van der Waals surface area contributed by atoms with Crippen molar-refractivity contribution in [2.75, 3.05) is 13.7 Å². The molecule has 0 unspecified atom stereocenters. The maximum absolute atomic E-state index is 11.8. The Hall–Kier alpha value is -2.40. The minimum absolute atomic E-state index is 0.0526. The van der Waals surface area contributed by atoms with E-state index >= 15 is 0 Å². The van der Waals surface area contributed by atoms with Crippen molar-refractivity contribution in [1.82, 2.24) is 5.43 Å². The topological polar surface area (TPSA) is 103 Å². The molecule has 8 nitrogen and oxygen atoms in total. The highest BCUT2D eigenvalue weighted by Crippen LogP contribution is 2.29. The normalized spacial score (nSPS) is 10.6. The number of methoxy groups -OCH3 is 1. The van der Waals surface area contributed by atoms with Crippen LogP contribution >= 0.6 is 34.2 Å². The molecule has 0 bridgehead atoms. The van der Waals surface area contributed by atoms with Crippen molar-refractivity contribution >= 4 is 52.0 Å². The van der Waals surface area contributed by atoms with Crippen LogP contribution in [-0.2, 0) is 4.79 Å². The molecule has 0 aliphatic carbocycles. The number of nitrogens with zero attached hydrogens (tertiary/aromatic N) is 2. The minimum atomic E-state index is -0.636. The lowest BCUT2D eigenvalue weighted by atomic mass is 10.2. The number of benzene rings is 2. The number of ether oxygens (including phenoxy) is 2. The molecular formula is C16H13ClIN3O5. The van der Waals surface area contributed by atoms with Crippen molar-refractivity contribution in [2.24, 2.45) is 5.10 Å². The van der Waals surface area contributed by atoms with Crippen LogP contribution in [0.1, 0.15) is 5.56 Å². The Morgan fingerprint density at radius 3 is 2.73 bits per heavy atom. The lowest BCUT2D eigenvalue weighted by Gasteiger charge is -2.06. The van der Waals surface area contributed by atoms with Crippen LogP contribution in [0.2, 0.25) is 5.02 Å². The van der Waals surface area contributed by atoms with E-state index in [4.69, 9.17) is 21.1 Å². The number of rotatable bonds is 7. The lowest BCUT2D eigenvalue weighted by Crippen LogP contribution is -2.24. The maximum Gasteiger partial charge on any atom is 0.312 e. The van der Waals surface area contributed by atoms with Crippen LogP contribution in [0.15, 0.2) is 41.5 Å². The summed E-state index contributed by atoms with van der Waals surface area (Å²) in [4.78, 5) is 22.1. The Morgan fingerprint density at radius 2 is 2.08 bits per heavy atom. The standard InChI is InChI=1S/C16H13ClIN3O5/c1-25-14-4-2-10(6-12(14)18)8-19-20-16(22)9-26-15-5-3-11(17)7-13(15)21(23)24/h2-8H,9H2,1H3,(H,20,22). The fourth-order valence-electron chi connectivity index (χ4n) is 1.87. The third kappa shape index (κ3) is 5.56. The van der Waals surface area contributed by atoms with Gasteiger partial charge in [0.25, 0.3) is 5.91 Å². The largest absolute Gasteiger partial charge is 0.496 e. The molecule has 26 heavy (non-hydrogen) atoms. The van der Waals surface area contributed by atoms with Gasteiger partial charge in [0.05, 0.1) is 21.8 Å². The van der Waals surface area contributed by atoms with Crippen LogP contribution in [0.4, 0.5) is 5.69 Å². The average Bonchev–Trinajstić information content (AvgIpc) is 2.60. The number of nitro groups is 1. The van der Waals surface area contributed by atoms with Crippen molar-refractivity contribution in [3.05, 3.63) is 60.7 Å². The zero-order valence-electron chi connectivity index (χ0n) is 13.4. The van der Waals surface area contributed by atoms with Crippen LogP contribution in [0.25, 0.3) is 0 Å².